The molecule has 0 heterocycles. The molecule has 0 fully saturated rings. The van der Waals surface area contributed by atoms with E-state index in [2.05, 4.69) is 33.9 Å². The molecule has 0 amide bonds. The maximum absolute atomic E-state index is 3.79. The first-order valence-corrected chi connectivity index (χ1v) is 4.56. The van der Waals surface area contributed by atoms with Gasteiger partial charge in [-0.15, -0.1) is 0 Å². The van der Waals surface area contributed by atoms with Gasteiger partial charge in [-0.25, -0.2) is 0 Å². The van der Waals surface area contributed by atoms with Gasteiger partial charge in [0, 0.05) is 0 Å². The van der Waals surface area contributed by atoms with Crippen LogP contribution in [0.2, 0.25) is 0 Å². The van der Waals surface area contributed by atoms with Gasteiger partial charge in [-0.05, 0) is 23.8 Å². The van der Waals surface area contributed by atoms with E-state index in [1.807, 2.05) is 18.2 Å². The lowest BCUT2D eigenvalue weighted by molar-refractivity contribution is 0.492. The average molecular weight is 164 g/mol. The first-order valence-electron chi connectivity index (χ1n) is 4.56. The maximum Gasteiger partial charge on any atom is -0.0188 e. The van der Waals surface area contributed by atoms with Crippen molar-refractivity contribution in [3.8, 4) is 0 Å². The minimum Gasteiger partial charge on any atom is -0.0991 e. The van der Waals surface area contributed by atoms with Crippen LogP contribution in [0.4, 0.5) is 0 Å². The normalized spacial score (nSPS) is 14.5. The summed E-state index contributed by atoms with van der Waals surface area (Å²) in [5.41, 5.74) is 1.29. The molecule has 0 saturated heterocycles. The lowest BCUT2D eigenvalue weighted by Gasteiger charge is -2.14. The molecule has 0 aliphatic heterocycles. The molecule has 0 aromatic rings. The van der Waals surface area contributed by atoms with Gasteiger partial charge in [0.15, 0.2) is 0 Å². The van der Waals surface area contributed by atoms with Gasteiger partial charge in [0.25, 0.3) is 0 Å². The molecule has 0 aliphatic carbocycles. The standard InChI is InChI=1S/C12H20/c1-6-8-12(7-2)11(5)9-10(3)4/h6-8,10-11H,1-2,9H2,3-5H3/b12-8+. The van der Waals surface area contributed by atoms with Gasteiger partial charge in [-0.3, -0.25) is 0 Å². The van der Waals surface area contributed by atoms with Crippen molar-refractivity contribution in [1.82, 2.24) is 0 Å². The molecule has 68 valence electrons. The summed E-state index contributed by atoms with van der Waals surface area (Å²) in [5, 5.41) is 0. The second-order valence-corrected chi connectivity index (χ2v) is 3.64. The van der Waals surface area contributed by atoms with Gasteiger partial charge in [0.2, 0.25) is 0 Å². The summed E-state index contributed by atoms with van der Waals surface area (Å²) in [4.78, 5) is 0. The second-order valence-electron chi connectivity index (χ2n) is 3.64. The molecule has 0 spiro atoms. The number of hydrogen-bond acceptors (Lipinski definition) is 0. The van der Waals surface area contributed by atoms with Gasteiger partial charge >= 0.3 is 0 Å². The molecule has 0 nitrogen and oxygen atoms in total. The highest BCUT2D eigenvalue weighted by Gasteiger charge is 2.06. The van der Waals surface area contributed by atoms with Crippen LogP contribution >= 0.6 is 0 Å². The first-order chi connectivity index (χ1) is 5.61. The molecule has 0 aromatic carbocycles. The van der Waals surface area contributed by atoms with Crippen LogP contribution < -0.4 is 0 Å². The molecule has 0 aliphatic rings. The zero-order valence-electron chi connectivity index (χ0n) is 8.51. The van der Waals surface area contributed by atoms with Gasteiger partial charge in [-0.1, -0.05) is 52.2 Å². The van der Waals surface area contributed by atoms with Crippen LogP contribution in [-0.4, -0.2) is 0 Å². The Bertz CT molecular complexity index is 172. The van der Waals surface area contributed by atoms with Gasteiger partial charge < -0.3 is 0 Å². The second kappa shape index (κ2) is 5.82. The van der Waals surface area contributed by atoms with E-state index in [0.717, 1.165) is 5.92 Å². The van der Waals surface area contributed by atoms with Crippen LogP contribution in [0, 0.1) is 11.8 Å². The van der Waals surface area contributed by atoms with Crippen LogP contribution in [0.3, 0.4) is 0 Å². The van der Waals surface area contributed by atoms with E-state index in [0.29, 0.717) is 5.92 Å². The quantitative estimate of drug-likeness (QED) is 0.539. The van der Waals surface area contributed by atoms with Gasteiger partial charge in [-0.2, -0.15) is 0 Å². The average Bonchev–Trinajstić information content (AvgIpc) is 1.98. The summed E-state index contributed by atoms with van der Waals surface area (Å²) in [6.45, 7) is 14.2. The van der Waals surface area contributed by atoms with E-state index >= 15 is 0 Å². The topological polar surface area (TPSA) is 0 Å². The van der Waals surface area contributed by atoms with Crippen molar-refractivity contribution < 1.29 is 0 Å². The Hall–Kier alpha value is -0.780. The van der Waals surface area contributed by atoms with Crippen LogP contribution in [0.1, 0.15) is 27.2 Å². The Balaban J connectivity index is 4.21. The van der Waals surface area contributed by atoms with Crippen molar-refractivity contribution in [2.24, 2.45) is 11.8 Å². The Morgan fingerprint density at radius 1 is 1.25 bits per heavy atom. The van der Waals surface area contributed by atoms with Gasteiger partial charge in [0.05, 0.1) is 0 Å². The van der Waals surface area contributed by atoms with Crippen LogP contribution in [-0.2, 0) is 0 Å². The molecule has 1 unspecified atom stereocenters. The number of hydrogen-bond donors (Lipinski definition) is 0. The highest BCUT2D eigenvalue weighted by Crippen LogP contribution is 2.20. The molecule has 0 bridgehead atoms. The van der Waals surface area contributed by atoms with Crippen LogP contribution in [0.25, 0.3) is 0 Å². The van der Waals surface area contributed by atoms with Crippen molar-refractivity contribution in [3.63, 3.8) is 0 Å². The smallest absolute Gasteiger partial charge is 0.0188 e. The van der Waals surface area contributed by atoms with E-state index in [1.165, 1.54) is 12.0 Å². The van der Waals surface area contributed by atoms with Crippen LogP contribution in [0.5, 0.6) is 0 Å². The van der Waals surface area contributed by atoms with Crippen molar-refractivity contribution in [2.75, 3.05) is 0 Å². The molecule has 0 aromatic heterocycles. The van der Waals surface area contributed by atoms with Crippen molar-refractivity contribution in [2.45, 2.75) is 27.2 Å². The molecule has 12 heavy (non-hydrogen) atoms. The Morgan fingerprint density at radius 2 is 1.83 bits per heavy atom. The summed E-state index contributed by atoms with van der Waals surface area (Å²) >= 11 is 0. The fourth-order valence-corrected chi connectivity index (χ4v) is 1.41. The maximum atomic E-state index is 3.79. The van der Waals surface area contributed by atoms with Crippen molar-refractivity contribution in [3.05, 3.63) is 37.0 Å². The van der Waals surface area contributed by atoms with E-state index in [4.69, 9.17) is 0 Å². The van der Waals surface area contributed by atoms with E-state index in [1.54, 1.807) is 0 Å². The summed E-state index contributed by atoms with van der Waals surface area (Å²) in [6.07, 6.45) is 7.01. The third-order valence-electron chi connectivity index (χ3n) is 1.94. The predicted octanol–water partition coefficient (Wildman–Crippen LogP) is 3.97. The zero-order chi connectivity index (χ0) is 9.56. The Morgan fingerprint density at radius 3 is 2.17 bits per heavy atom. The lowest BCUT2D eigenvalue weighted by atomic mass is 9.91. The molecule has 0 N–H and O–H groups in total. The van der Waals surface area contributed by atoms with Gasteiger partial charge in [0.1, 0.15) is 0 Å². The Kier molecular flexibility index (Phi) is 5.44. The predicted molar refractivity (Wildman–Crippen MR) is 57.1 cm³/mol. The van der Waals surface area contributed by atoms with E-state index in [-0.39, 0.29) is 0 Å². The highest BCUT2D eigenvalue weighted by atomic mass is 14.1. The Labute approximate surface area is 76.7 Å². The molecular formula is C12H20. The lowest BCUT2D eigenvalue weighted by Crippen LogP contribution is -2.01. The monoisotopic (exact) mass is 164 g/mol. The fourth-order valence-electron chi connectivity index (χ4n) is 1.41. The first kappa shape index (κ1) is 11.2. The minimum atomic E-state index is 0.598. The number of allylic oxidation sites excluding steroid dienone is 4. The summed E-state index contributed by atoms with van der Waals surface area (Å²) in [5.74, 6) is 1.34. The number of rotatable bonds is 5. The summed E-state index contributed by atoms with van der Waals surface area (Å²) < 4.78 is 0. The van der Waals surface area contributed by atoms with Crippen molar-refractivity contribution in [1.29, 1.82) is 0 Å². The molecular weight excluding hydrogens is 144 g/mol. The third kappa shape index (κ3) is 4.17. The zero-order valence-corrected chi connectivity index (χ0v) is 8.51. The summed E-state index contributed by atoms with van der Waals surface area (Å²) in [7, 11) is 0. The molecule has 0 rings (SSSR count). The van der Waals surface area contributed by atoms with E-state index in [9.17, 15) is 0 Å². The highest BCUT2D eigenvalue weighted by molar-refractivity contribution is 5.23. The minimum absolute atomic E-state index is 0.598. The fraction of sp³-hybridized carbons (Fsp3) is 0.500. The van der Waals surface area contributed by atoms with E-state index < -0.39 is 0 Å². The molecule has 1 atom stereocenters. The molecule has 0 radical (unpaired) electrons. The SMILES string of the molecule is C=C/C=C(\C=C)C(C)CC(C)C. The largest absolute Gasteiger partial charge is 0.0991 e. The molecule has 0 heteroatoms. The third-order valence-corrected chi connectivity index (χ3v) is 1.94. The molecule has 0 saturated carbocycles. The van der Waals surface area contributed by atoms with Crippen molar-refractivity contribution >= 4 is 0 Å². The summed E-state index contributed by atoms with van der Waals surface area (Å²) in [6, 6.07) is 0. The van der Waals surface area contributed by atoms with Crippen LogP contribution in [0.15, 0.2) is 37.0 Å².